The zero-order valence-corrected chi connectivity index (χ0v) is 14.1. The first-order chi connectivity index (χ1) is 11.1. The molecule has 0 radical (unpaired) electrons. The maximum absolute atomic E-state index is 12.3. The van der Waals surface area contributed by atoms with Crippen LogP contribution in [0.5, 0.6) is 0 Å². The van der Waals surface area contributed by atoms with Crippen molar-refractivity contribution in [1.29, 1.82) is 0 Å². The molecule has 1 aliphatic heterocycles. The summed E-state index contributed by atoms with van der Waals surface area (Å²) in [6.45, 7) is 5.52. The van der Waals surface area contributed by atoms with Gasteiger partial charge >= 0.3 is 0 Å². The summed E-state index contributed by atoms with van der Waals surface area (Å²) in [5.41, 5.74) is 1.21. The molecule has 0 atom stereocenters. The molecule has 1 aromatic rings. The van der Waals surface area contributed by atoms with Crippen LogP contribution in [0.15, 0.2) is 36.9 Å². The van der Waals surface area contributed by atoms with Gasteiger partial charge in [0.05, 0.1) is 0 Å². The maximum Gasteiger partial charge on any atom is 0.251 e. The Labute approximate surface area is 140 Å². The number of ether oxygens (including phenoxy) is 1. The highest BCUT2D eigenvalue weighted by atomic mass is 32.2. The summed E-state index contributed by atoms with van der Waals surface area (Å²) in [6.07, 6.45) is 5.17. The van der Waals surface area contributed by atoms with Gasteiger partial charge in [-0.3, -0.25) is 9.59 Å². The van der Waals surface area contributed by atoms with Crippen molar-refractivity contribution >= 4 is 29.3 Å². The van der Waals surface area contributed by atoms with Crippen LogP contribution in [0.25, 0.3) is 0 Å². The summed E-state index contributed by atoms with van der Waals surface area (Å²) in [6, 6.07) is 6.80. The van der Waals surface area contributed by atoms with Gasteiger partial charge in [0.15, 0.2) is 0 Å². The molecule has 124 valence electrons. The minimum absolute atomic E-state index is 0.0613. The smallest absolute Gasteiger partial charge is 0.251 e. The van der Waals surface area contributed by atoms with Crippen LogP contribution in [0.4, 0.5) is 5.69 Å². The van der Waals surface area contributed by atoms with Crippen molar-refractivity contribution < 1.29 is 14.3 Å². The number of nitrogens with one attached hydrogen (secondary N) is 2. The molecule has 6 heteroatoms. The Morgan fingerprint density at radius 3 is 2.52 bits per heavy atom. The summed E-state index contributed by atoms with van der Waals surface area (Å²) in [7, 11) is 0. The fourth-order valence-electron chi connectivity index (χ4n) is 2.44. The molecule has 0 spiro atoms. The van der Waals surface area contributed by atoms with E-state index in [2.05, 4.69) is 23.5 Å². The monoisotopic (exact) mass is 334 g/mol. The second-order valence-electron chi connectivity index (χ2n) is 5.45. The molecule has 2 N–H and O–H groups in total. The number of hydrogen-bond donors (Lipinski definition) is 2. The van der Waals surface area contributed by atoms with E-state index in [1.165, 1.54) is 6.08 Å². The molecule has 1 aromatic carbocycles. The van der Waals surface area contributed by atoms with Crippen molar-refractivity contribution in [3.05, 3.63) is 42.5 Å². The summed E-state index contributed by atoms with van der Waals surface area (Å²) < 4.78 is 5.47. The molecule has 1 fully saturated rings. The van der Waals surface area contributed by atoms with Gasteiger partial charge in [-0.05, 0) is 49.4 Å². The van der Waals surface area contributed by atoms with Crippen LogP contribution < -0.4 is 10.6 Å². The fourth-order valence-corrected chi connectivity index (χ4v) is 3.23. The number of rotatable bonds is 6. The van der Waals surface area contributed by atoms with Crippen LogP contribution in [0.3, 0.4) is 0 Å². The average Bonchev–Trinajstić information content (AvgIpc) is 2.61. The van der Waals surface area contributed by atoms with E-state index in [-0.39, 0.29) is 16.6 Å². The zero-order chi connectivity index (χ0) is 16.7. The number of thioether (sulfide) groups is 1. The van der Waals surface area contributed by atoms with Crippen molar-refractivity contribution in [3.63, 3.8) is 0 Å². The van der Waals surface area contributed by atoms with E-state index < -0.39 is 0 Å². The van der Waals surface area contributed by atoms with E-state index >= 15 is 0 Å². The molecule has 5 nitrogen and oxygen atoms in total. The highest BCUT2D eigenvalue weighted by Crippen LogP contribution is 2.33. The predicted octanol–water partition coefficient (Wildman–Crippen LogP) is 2.45. The maximum atomic E-state index is 12.3. The van der Waals surface area contributed by atoms with Gasteiger partial charge in [0.25, 0.3) is 5.91 Å². The van der Waals surface area contributed by atoms with Gasteiger partial charge in [0.2, 0.25) is 5.91 Å². The first kappa shape index (κ1) is 17.6. The molecule has 1 saturated heterocycles. The van der Waals surface area contributed by atoms with E-state index in [0.29, 0.717) is 17.8 Å². The molecule has 1 aliphatic rings. The number of hydrogen-bond acceptors (Lipinski definition) is 4. The largest absolute Gasteiger partial charge is 0.381 e. The minimum Gasteiger partial charge on any atom is -0.381 e. The van der Waals surface area contributed by atoms with E-state index in [1.807, 2.05) is 0 Å². The number of carbonyl (C=O) groups is 2. The first-order valence-electron chi connectivity index (χ1n) is 7.53. The molecule has 23 heavy (non-hydrogen) atoms. The molecule has 0 unspecified atom stereocenters. The van der Waals surface area contributed by atoms with Crippen LogP contribution in [0, 0.1) is 0 Å². The summed E-state index contributed by atoms with van der Waals surface area (Å²) >= 11 is 1.79. The lowest BCUT2D eigenvalue weighted by Gasteiger charge is -2.35. The lowest BCUT2D eigenvalue weighted by Crippen LogP contribution is -2.44. The second kappa shape index (κ2) is 8.17. The van der Waals surface area contributed by atoms with Crippen LogP contribution in [0.2, 0.25) is 0 Å². The Kier molecular flexibility index (Phi) is 6.24. The number of benzene rings is 1. The third kappa shape index (κ3) is 4.84. The normalized spacial score (nSPS) is 16.4. The number of carbonyl (C=O) groups excluding carboxylic acids is 2. The third-order valence-corrected chi connectivity index (χ3v) is 5.43. The summed E-state index contributed by atoms with van der Waals surface area (Å²) in [5, 5.41) is 5.66. The van der Waals surface area contributed by atoms with Crippen molar-refractivity contribution in [2.45, 2.75) is 17.6 Å². The average molecular weight is 334 g/mol. The Balaban J connectivity index is 1.92. The van der Waals surface area contributed by atoms with Crippen molar-refractivity contribution in [1.82, 2.24) is 5.32 Å². The van der Waals surface area contributed by atoms with Crippen molar-refractivity contribution in [3.8, 4) is 0 Å². The molecule has 0 saturated carbocycles. The van der Waals surface area contributed by atoms with Crippen molar-refractivity contribution in [2.24, 2.45) is 0 Å². The Bertz CT molecular complexity index is 566. The molecule has 2 rings (SSSR count). The summed E-state index contributed by atoms with van der Waals surface area (Å²) in [5.74, 6) is -0.379. The molecule has 0 aliphatic carbocycles. The number of anilines is 1. The minimum atomic E-state index is -0.274. The molecule has 0 bridgehead atoms. The highest BCUT2D eigenvalue weighted by Gasteiger charge is 2.32. The Morgan fingerprint density at radius 1 is 1.30 bits per heavy atom. The quantitative estimate of drug-likeness (QED) is 0.784. The summed E-state index contributed by atoms with van der Waals surface area (Å²) in [4.78, 5) is 23.5. The third-order valence-electron chi connectivity index (χ3n) is 4.01. The fraction of sp³-hybridized carbons (Fsp3) is 0.412. The second-order valence-corrected chi connectivity index (χ2v) is 6.73. The van der Waals surface area contributed by atoms with Crippen LogP contribution in [0.1, 0.15) is 23.2 Å². The van der Waals surface area contributed by atoms with Gasteiger partial charge in [-0.15, -0.1) is 0 Å². The van der Waals surface area contributed by atoms with E-state index in [9.17, 15) is 9.59 Å². The topological polar surface area (TPSA) is 67.4 Å². The predicted molar refractivity (Wildman–Crippen MR) is 93.9 cm³/mol. The Hall–Kier alpha value is -1.79. The van der Waals surface area contributed by atoms with E-state index in [4.69, 9.17) is 4.74 Å². The van der Waals surface area contributed by atoms with Gasteiger partial charge in [-0.1, -0.05) is 6.58 Å². The van der Waals surface area contributed by atoms with Crippen LogP contribution >= 0.6 is 11.8 Å². The van der Waals surface area contributed by atoms with Gasteiger partial charge < -0.3 is 15.4 Å². The molecule has 1 heterocycles. The van der Waals surface area contributed by atoms with E-state index in [0.717, 1.165) is 26.1 Å². The van der Waals surface area contributed by atoms with Crippen molar-refractivity contribution in [2.75, 3.05) is 31.3 Å². The number of amides is 2. The van der Waals surface area contributed by atoms with Crippen LogP contribution in [-0.2, 0) is 9.53 Å². The highest BCUT2D eigenvalue weighted by molar-refractivity contribution is 8.00. The Morgan fingerprint density at radius 2 is 1.96 bits per heavy atom. The molecular formula is C17H22N2O3S. The first-order valence-corrected chi connectivity index (χ1v) is 8.76. The lowest BCUT2D eigenvalue weighted by atomic mass is 9.99. The van der Waals surface area contributed by atoms with Gasteiger partial charge in [0, 0.05) is 35.8 Å². The van der Waals surface area contributed by atoms with Gasteiger partial charge in [0.1, 0.15) is 0 Å². The molecule has 0 aromatic heterocycles. The van der Waals surface area contributed by atoms with Gasteiger partial charge in [-0.25, -0.2) is 0 Å². The van der Waals surface area contributed by atoms with Gasteiger partial charge in [-0.2, -0.15) is 11.8 Å². The lowest BCUT2D eigenvalue weighted by molar-refractivity contribution is -0.111. The standard InChI is InChI=1S/C17H22N2O3S/c1-3-15(20)19-14-6-4-13(5-7-14)16(21)18-12-17(23-2)8-10-22-11-9-17/h3-7H,1,8-12H2,2H3,(H,18,21)(H,19,20). The molecule has 2 amide bonds. The van der Waals surface area contributed by atoms with E-state index in [1.54, 1.807) is 36.0 Å². The SMILES string of the molecule is C=CC(=O)Nc1ccc(C(=O)NCC2(SC)CCOCC2)cc1. The van der Waals surface area contributed by atoms with Crippen LogP contribution in [-0.4, -0.2) is 42.6 Å². The molecular weight excluding hydrogens is 312 g/mol. The zero-order valence-electron chi connectivity index (χ0n) is 13.3.